The quantitative estimate of drug-likeness (QED) is 0.506. The molecule has 0 spiro atoms. The molecule has 0 aromatic heterocycles. The molecule has 35 heavy (non-hydrogen) atoms. The van der Waals surface area contributed by atoms with Crippen LogP contribution in [0.15, 0.2) is 60.2 Å². The minimum atomic E-state index is -0.448. The second-order valence-electron chi connectivity index (χ2n) is 9.12. The van der Waals surface area contributed by atoms with Crippen molar-refractivity contribution in [1.82, 2.24) is 9.80 Å². The zero-order valence-electron chi connectivity index (χ0n) is 21.2. The largest absolute Gasteiger partial charge is 0.341 e. The van der Waals surface area contributed by atoms with E-state index in [9.17, 15) is 9.59 Å². The Morgan fingerprint density at radius 2 is 1.46 bits per heavy atom. The Kier molecular flexibility index (Phi) is 10.1. The molecule has 0 saturated carbocycles. The highest BCUT2D eigenvalue weighted by atomic mass is 16.2. The Labute approximate surface area is 210 Å². The van der Waals surface area contributed by atoms with Gasteiger partial charge >= 0.3 is 0 Å². The van der Waals surface area contributed by atoms with Gasteiger partial charge in [-0.25, -0.2) is 0 Å². The van der Waals surface area contributed by atoms with Crippen molar-refractivity contribution in [1.29, 1.82) is 0 Å². The van der Waals surface area contributed by atoms with E-state index in [1.165, 1.54) is 11.1 Å². The number of nitrogens with two attached hydrogens (primary N) is 2. The molecule has 2 aromatic carbocycles. The number of benzene rings is 2. The van der Waals surface area contributed by atoms with Crippen LogP contribution in [0.5, 0.6) is 0 Å². The number of nitrogens with zero attached hydrogens (tertiary/aromatic N) is 2. The Bertz CT molecular complexity index is 987. The number of carbonyl (C=O) groups is 2. The number of hydrogen-bond acceptors (Lipinski definition) is 4. The van der Waals surface area contributed by atoms with E-state index in [1.807, 2.05) is 54.0 Å². The Balaban J connectivity index is 1.81. The average molecular weight is 477 g/mol. The maximum atomic E-state index is 12.8. The molecule has 1 atom stereocenters. The van der Waals surface area contributed by atoms with Gasteiger partial charge in [-0.15, -0.1) is 0 Å². The SMILES string of the molecule is CCN(CC)C(=O)c1ccc(C(=C2CCN(C(=O)C(N)CCCCN)CC2)c2ccccc2)cc1. The molecule has 1 heterocycles. The van der Waals surface area contributed by atoms with Gasteiger partial charge in [0.2, 0.25) is 5.91 Å². The molecule has 1 unspecified atom stereocenters. The molecule has 0 radical (unpaired) electrons. The predicted molar refractivity (Wildman–Crippen MR) is 143 cm³/mol. The molecule has 4 N–H and O–H groups in total. The van der Waals surface area contributed by atoms with E-state index in [1.54, 1.807) is 0 Å². The molecular weight excluding hydrogens is 436 g/mol. The van der Waals surface area contributed by atoms with Gasteiger partial charge in [0.25, 0.3) is 5.91 Å². The zero-order chi connectivity index (χ0) is 25.2. The number of hydrogen-bond donors (Lipinski definition) is 2. The van der Waals surface area contributed by atoms with E-state index in [2.05, 4.69) is 24.3 Å². The molecule has 2 aromatic rings. The summed E-state index contributed by atoms with van der Waals surface area (Å²) in [5, 5.41) is 0. The second kappa shape index (κ2) is 13.2. The van der Waals surface area contributed by atoms with E-state index in [0.717, 1.165) is 36.8 Å². The summed E-state index contributed by atoms with van der Waals surface area (Å²) < 4.78 is 0. The average Bonchev–Trinajstić information content (AvgIpc) is 2.90. The molecule has 1 aliphatic rings. The summed E-state index contributed by atoms with van der Waals surface area (Å²) in [5.74, 6) is 0.103. The van der Waals surface area contributed by atoms with Crippen LogP contribution >= 0.6 is 0 Å². The van der Waals surface area contributed by atoms with Gasteiger partial charge in [0.15, 0.2) is 0 Å². The van der Waals surface area contributed by atoms with E-state index < -0.39 is 6.04 Å². The molecule has 2 amide bonds. The van der Waals surface area contributed by atoms with E-state index in [0.29, 0.717) is 44.7 Å². The molecule has 188 valence electrons. The van der Waals surface area contributed by atoms with Crippen LogP contribution in [-0.2, 0) is 4.79 Å². The zero-order valence-corrected chi connectivity index (χ0v) is 21.2. The summed E-state index contributed by atoms with van der Waals surface area (Å²) in [6, 6.07) is 17.9. The maximum absolute atomic E-state index is 12.8. The number of piperidine rings is 1. The van der Waals surface area contributed by atoms with Crippen molar-refractivity contribution in [3.8, 4) is 0 Å². The summed E-state index contributed by atoms with van der Waals surface area (Å²) in [7, 11) is 0. The number of carbonyl (C=O) groups excluding carboxylic acids is 2. The molecule has 0 aliphatic carbocycles. The molecular formula is C29H40N4O2. The monoisotopic (exact) mass is 476 g/mol. The first-order chi connectivity index (χ1) is 17.0. The lowest BCUT2D eigenvalue weighted by molar-refractivity contribution is -0.133. The van der Waals surface area contributed by atoms with Crippen molar-refractivity contribution >= 4 is 17.4 Å². The van der Waals surface area contributed by atoms with E-state index in [4.69, 9.17) is 11.5 Å². The number of likely N-dealkylation sites (tertiary alicyclic amines) is 1. The first kappa shape index (κ1) is 26.6. The standard InChI is InChI=1S/C29H40N4O2/c1-3-32(4-2)28(34)25-15-13-23(14-16-25)27(22-10-6-5-7-11-22)24-17-20-33(21-18-24)29(35)26(31)12-8-9-19-30/h5-7,10-11,13-16,26H,3-4,8-9,12,17-21,30-31H2,1-2H3. The van der Waals surface area contributed by atoms with Gasteiger partial charge < -0.3 is 21.3 Å². The lowest BCUT2D eigenvalue weighted by Gasteiger charge is -2.32. The number of unbranched alkanes of at least 4 members (excludes halogenated alkanes) is 1. The van der Waals surface area contributed by atoms with Gasteiger partial charge in [-0.3, -0.25) is 9.59 Å². The number of amides is 2. The van der Waals surface area contributed by atoms with Gasteiger partial charge in [-0.05, 0) is 74.9 Å². The topological polar surface area (TPSA) is 92.7 Å². The smallest absolute Gasteiger partial charge is 0.253 e. The van der Waals surface area contributed by atoms with Crippen LogP contribution in [0.4, 0.5) is 0 Å². The van der Waals surface area contributed by atoms with Crippen LogP contribution in [0.2, 0.25) is 0 Å². The van der Waals surface area contributed by atoms with E-state index in [-0.39, 0.29) is 11.8 Å². The van der Waals surface area contributed by atoms with Gasteiger partial charge in [0.05, 0.1) is 6.04 Å². The Morgan fingerprint density at radius 3 is 2.03 bits per heavy atom. The molecule has 6 nitrogen and oxygen atoms in total. The van der Waals surface area contributed by atoms with Crippen LogP contribution in [0, 0.1) is 0 Å². The molecule has 6 heteroatoms. The molecule has 0 bridgehead atoms. The van der Waals surface area contributed by atoms with Crippen molar-refractivity contribution < 1.29 is 9.59 Å². The highest BCUT2D eigenvalue weighted by Gasteiger charge is 2.25. The van der Waals surface area contributed by atoms with E-state index >= 15 is 0 Å². The summed E-state index contributed by atoms with van der Waals surface area (Å²) in [6.07, 6.45) is 4.08. The molecule has 1 fully saturated rings. The lowest BCUT2D eigenvalue weighted by atomic mass is 9.88. The van der Waals surface area contributed by atoms with Gasteiger partial charge in [0.1, 0.15) is 0 Å². The molecule has 3 rings (SSSR count). The third-order valence-electron chi connectivity index (χ3n) is 6.85. The third kappa shape index (κ3) is 6.80. The van der Waals surface area contributed by atoms with Crippen LogP contribution < -0.4 is 11.5 Å². The van der Waals surface area contributed by atoms with Gasteiger partial charge in [-0.2, -0.15) is 0 Å². The first-order valence-corrected chi connectivity index (χ1v) is 12.9. The predicted octanol–water partition coefficient (Wildman–Crippen LogP) is 4.05. The molecule has 1 aliphatic heterocycles. The highest BCUT2D eigenvalue weighted by Crippen LogP contribution is 2.33. The van der Waals surface area contributed by atoms with Gasteiger partial charge in [0, 0.05) is 31.7 Å². The third-order valence-corrected chi connectivity index (χ3v) is 6.85. The van der Waals surface area contributed by atoms with Crippen LogP contribution in [0.25, 0.3) is 5.57 Å². The summed E-state index contributed by atoms with van der Waals surface area (Å²) in [5.41, 5.74) is 17.2. The summed E-state index contributed by atoms with van der Waals surface area (Å²) in [4.78, 5) is 29.3. The lowest BCUT2D eigenvalue weighted by Crippen LogP contribution is -2.46. The van der Waals surface area contributed by atoms with Crippen molar-refractivity contribution in [2.75, 3.05) is 32.7 Å². The second-order valence-corrected chi connectivity index (χ2v) is 9.12. The Hall–Kier alpha value is -2.96. The normalized spacial score (nSPS) is 14.5. The fourth-order valence-corrected chi connectivity index (χ4v) is 4.77. The fourth-order valence-electron chi connectivity index (χ4n) is 4.77. The summed E-state index contributed by atoms with van der Waals surface area (Å²) in [6.45, 7) is 7.37. The van der Waals surface area contributed by atoms with Crippen molar-refractivity contribution in [3.63, 3.8) is 0 Å². The summed E-state index contributed by atoms with van der Waals surface area (Å²) >= 11 is 0. The van der Waals surface area contributed by atoms with Crippen LogP contribution in [0.1, 0.15) is 67.4 Å². The minimum absolute atomic E-state index is 0.0431. The molecule has 1 saturated heterocycles. The van der Waals surface area contributed by atoms with Gasteiger partial charge in [-0.1, -0.05) is 54.5 Å². The fraction of sp³-hybridized carbons (Fsp3) is 0.448. The first-order valence-electron chi connectivity index (χ1n) is 12.9. The number of rotatable bonds is 10. The Morgan fingerprint density at radius 1 is 0.886 bits per heavy atom. The van der Waals surface area contributed by atoms with Crippen LogP contribution in [-0.4, -0.2) is 60.4 Å². The van der Waals surface area contributed by atoms with Crippen molar-refractivity contribution in [2.24, 2.45) is 11.5 Å². The van der Waals surface area contributed by atoms with Crippen molar-refractivity contribution in [3.05, 3.63) is 76.9 Å². The maximum Gasteiger partial charge on any atom is 0.253 e. The highest BCUT2D eigenvalue weighted by molar-refractivity contribution is 5.95. The van der Waals surface area contributed by atoms with Crippen LogP contribution in [0.3, 0.4) is 0 Å². The minimum Gasteiger partial charge on any atom is -0.341 e. The van der Waals surface area contributed by atoms with Crippen molar-refractivity contribution in [2.45, 2.75) is 52.0 Å².